The number of nitrogens with two attached hydrogens (primary N) is 1. The van der Waals surface area contributed by atoms with Crippen LogP contribution < -0.4 is 15.8 Å². The standard InChI is InChI=1S/C12H11ClN6O/c1-15-11-10(13)9(5-17-12(11)14)20-8-6-18-19-3-2-16-4-7(8)19/h2-6,15H,1H3,(H2,14,17). The van der Waals surface area contributed by atoms with E-state index in [1.54, 1.807) is 36.4 Å². The quantitative estimate of drug-likeness (QED) is 0.768. The van der Waals surface area contributed by atoms with E-state index < -0.39 is 0 Å². The molecule has 102 valence electrons. The molecule has 20 heavy (non-hydrogen) atoms. The molecule has 0 aliphatic rings. The maximum Gasteiger partial charge on any atom is 0.174 e. The number of halogens is 1. The SMILES string of the molecule is CNc1c(N)ncc(Oc2cnn3ccncc23)c1Cl. The molecule has 0 unspecified atom stereocenters. The van der Waals surface area contributed by atoms with Gasteiger partial charge in [-0.1, -0.05) is 11.6 Å². The van der Waals surface area contributed by atoms with Crippen molar-refractivity contribution in [2.45, 2.75) is 0 Å². The summed E-state index contributed by atoms with van der Waals surface area (Å²) in [6, 6.07) is 0. The highest BCUT2D eigenvalue weighted by atomic mass is 35.5. The number of pyridine rings is 1. The Morgan fingerprint density at radius 3 is 2.95 bits per heavy atom. The molecule has 0 saturated carbocycles. The molecule has 0 atom stereocenters. The molecule has 0 aromatic carbocycles. The van der Waals surface area contributed by atoms with E-state index in [4.69, 9.17) is 22.1 Å². The topological polar surface area (TPSA) is 90.4 Å². The minimum absolute atomic E-state index is 0.311. The molecular weight excluding hydrogens is 280 g/mol. The molecule has 3 rings (SSSR count). The van der Waals surface area contributed by atoms with Gasteiger partial charge in [0.15, 0.2) is 11.5 Å². The van der Waals surface area contributed by atoms with Crippen LogP contribution in [-0.2, 0) is 0 Å². The maximum absolute atomic E-state index is 6.23. The van der Waals surface area contributed by atoms with Crippen molar-refractivity contribution in [3.8, 4) is 11.5 Å². The van der Waals surface area contributed by atoms with Gasteiger partial charge in [-0.3, -0.25) is 4.98 Å². The zero-order chi connectivity index (χ0) is 14.1. The van der Waals surface area contributed by atoms with Crippen LogP contribution in [0.15, 0.2) is 31.0 Å². The van der Waals surface area contributed by atoms with Crippen LogP contribution in [-0.4, -0.2) is 26.6 Å². The fraction of sp³-hybridized carbons (Fsp3) is 0.0833. The third-order valence-electron chi connectivity index (χ3n) is 2.77. The first-order valence-corrected chi connectivity index (χ1v) is 6.15. The van der Waals surface area contributed by atoms with Crippen LogP contribution in [0.3, 0.4) is 0 Å². The number of nitrogen functional groups attached to an aromatic ring is 1. The van der Waals surface area contributed by atoms with Gasteiger partial charge in [-0.15, -0.1) is 0 Å². The lowest BCUT2D eigenvalue weighted by Crippen LogP contribution is -2.00. The van der Waals surface area contributed by atoms with Gasteiger partial charge >= 0.3 is 0 Å². The van der Waals surface area contributed by atoms with E-state index in [2.05, 4.69) is 20.4 Å². The second-order valence-electron chi connectivity index (χ2n) is 3.96. The van der Waals surface area contributed by atoms with E-state index in [1.807, 2.05) is 0 Å². The van der Waals surface area contributed by atoms with Crippen LogP contribution >= 0.6 is 11.6 Å². The highest BCUT2D eigenvalue weighted by Gasteiger charge is 2.14. The van der Waals surface area contributed by atoms with E-state index >= 15 is 0 Å². The first-order chi connectivity index (χ1) is 9.70. The van der Waals surface area contributed by atoms with Gasteiger partial charge in [0.25, 0.3) is 0 Å². The summed E-state index contributed by atoms with van der Waals surface area (Å²) < 4.78 is 7.40. The highest BCUT2D eigenvalue weighted by Crippen LogP contribution is 2.37. The van der Waals surface area contributed by atoms with E-state index in [0.29, 0.717) is 28.0 Å². The van der Waals surface area contributed by atoms with Crippen molar-refractivity contribution in [3.63, 3.8) is 0 Å². The smallest absolute Gasteiger partial charge is 0.174 e. The van der Waals surface area contributed by atoms with Crippen LogP contribution in [0.4, 0.5) is 11.5 Å². The summed E-state index contributed by atoms with van der Waals surface area (Å²) in [5.74, 6) is 1.24. The van der Waals surface area contributed by atoms with Gasteiger partial charge in [0, 0.05) is 19.4 Å². The van der Waals surface area contributed by atoms with E-state index in [1.165, 1.54) is 6.20 Å². The van der Waals surface area contributed by atoms with Gasteiger partial charge in [-0.2, -0.15) is 5.10 Å². The number of rotatable bonds is 3. The number of nitrogens with zero attached hydrogens (tertiary/aromatic N) is 4. The van der Waals surface area contributed by atoms with Gasteiger partial charge in [-0.25, -0.2) is 9.50 Å². The van der Waals surface area contributed by atoms with Gasteiger partial charge in [0.1, 0.15) is 16.4 Å². The van der Waals surface area contributed by atoms with Gasteiger partial charge < -0.3 is 15.8 Å². The number of anilines is 2. The Hall–Kier alpha value is -2.54. The minimum atomic E-state index is 0.311. The lowest BCUT2D eigenvalue weighted by atomic mass is 10.3. The molecule has 0 aliphatic carbocycles. The van der Waals surface area contributed by atoms with E-state index in [9.17, 15) is 0 Å². The summed E-state index contributed by atoms with van der Waals surface area (Å²) >= 11 is 6.23. The summed E-state index contributed by atoms with van der Waals surface area (Å²) in [5, 5.41) is 7.40. The number of hydrogen-bond donors (Lipinski definition) is 2. The number of fused-ring (bicyclic) bond motifs is 1. The highest BCUT2D eigenvalue weighted by molar-refractivity contribution is 6.35. The predicted octanol–water partition coefficient (Wildman–Crippen LogP) is 2.19. The fourth-order valence-corrected chi connectivity index (χ4v) is 2.08. The first kappa shape index (κ1) is 12.5. The molecule has 0 saturated heterocycles. The van der Waals surface area contributed by atoms with Crippen molar-refractivity contribution < 1.29 is 4.74 Å². The second kappa shape index (κ2) is 4.86. The van der Waals surface area contributed by atoms with Crippen molar-refractivity contribution in [1.29, 1.82) is 0 Å². The molecule has 3 heterocycles. The van der Waals surface area contributed by atoms with Gasteiger partial charge in [0.2, 0.25) is 0 Å². The van der Waals surface area contributed by atoms with E-state index in [-0.39, 0.29) is 0 Å². The van der Waals surface area contributed by atoms with Crippen molar-refractivity contribution in [3.05, 3.63) is 36.0 Å². The second-order valence-corrected chi connectivity index (χ2v) is 4.34. The number of nitrogens with one attached hydrogen (secondary N) is 1. The van der Waals surface area contributed by atoms with Crippen LogP contribution in [0.5, 0.6) is 11.5 Å². The third-order valence-corrected chi connectivity index (χ3v) is 3.15. The van der Waals surface area contributed by atoms with Gasteiger partial charge in [-0.05, 0) is 0 Å². The molecule has 7 nitrogen and oxygen atoms in total. The third kappa shape index (κ3) is 1.97. The first-order valence-electron chi connectivity index (χ1n) is 5.77. The minimum Gasteiger partial charge on any atom is -0.450 e. The predicted molar refractivity (Wildman–Crippen MR) is 76.3 cm³/mol. The average molecular weight is 291 g/mol. The van der Waals surface area contributed by atoms with Crippen LogP contribution in [0.2, 0.25) is 5.02 Å². The normalized spacial score (nSPS) is 10.7. The molecule has 3 aromatic rings. The number of hydrogen-bond acceptors (Lipinski definition) is 6. The molecule has 0 aliphatic heterocycles. The van der Waals surface area contributed by atoms with Crippen molar-refractivity contribution in [2.24, 2.45) is 0 Å². The maximum atomic E-state index is 6.23. The Kier molecular flexibility index (Phi) is 3.03. The molecule has 8 heteroatoms. The monoisotopic (exact) mass is 290 g/mol. The summed E-state index contributed by atoms with van der Waals surface area (Å²) in [4.78, 5) is 8.07. The summed E-state index contributed by atoms with van der Waals surface area (Å²) in [6.45, 7) is 0. The molecular formula is C12H11ClN6O. The fourth-order valence-electron chi connectivity index (χ4n) is 1.80. The van der Waals surface area contributed by atoms with Crippen LogP contribution in [0.25, 0.3) is 5.52 Å². The van der Waals surface area contributed by atoms with Crippen LogP contribution in [0.1, 0.15) is 0 Å². The summed E-state index contributed by atoms with van der Waals surface area (Å²) in [5.41, 5.74) is 6.98. The van der Waals surface area contributed by atoms with E-state index in [0.717, 1.165) is 5.52 Å². The van der Waals surface area contributed by atoms with Crippen molar-refractivity contribution >= 4 is 28.6 Å². The molecule has 0 fully saturated rings. The summed E-state index contributed by atoms with van der Waals surface area (Å²) in [6.07, 6.45) is 8.08. The lowest BCUT2D eigenvalue weighted by molar-refractivity contribution is 0.486. The number of aromatic nitrogens is 4. The molecule has 3 aromatic heterocycles. The van der Waals surface area contributed by atoms with Crippen LogP contribution in [0, 0.1) is 0 Å². The molecule has 3 N–H and O–H groups in total. The lowest BCUT2D eigenvalue weighted by Gasteiger charge is -2.11. The molecule has 0 radical (unpaired) electrons. The van der Waals surface area contributed by atoms with Crippen molar-refractivity contribution in [2.75, 3.05) is 18.1 Å². The summed E-state index contributed by atoms with van der Waals surface area (Å²) in [7, 11) is 1.71. The Morgan fingerprint density at radius 2 is 2.15 bits per heavy atom. The Balaban J connectivity index is 2.03. The molecule has 0 spiro atoms. The average Bonchev–Trinajstić information content (AvgIpc) is 2.86. The number of ether oxygens (including phenoxy) is 1. The zero-order valence-corrected chi connectivity index (χ0v) is 11.3. The Morgan fingerprint density at radius 1 is 1.30 bits per heavy atom. The molecule has 0 amide bonds. The Bertz CT molecular complexity index is 772. The van der Waals surface area contributed by atoms with Crippen molar-refractivity contribution in [1.82, 2.24) is 19.6 Å². The molecule has 0 bridgehead atoms. The zero-order valence-electron chi connectivity index (χ0n) is 10.5. The Labute approximate surface area is 119 Å². The largest absolute Gasteiger partial charge is 0.450 e. The van der Waals surface area contributed by atoms with Gasteiger partial charge in [0.05, 0.1) is 24.3 Å².